The largest absolute Gasteiger partial charge is 0.497 e. The fourth-order valence-electron chi connectivity index (χ4n) is 3.36. The average molecular weight is 315 g/mol. The third-order valence-electron chi connectivity index (χ3n) is 4.81. The van der Waals surface area contributed by atoms with E-state index in [4.69, 9.17) is 4.74 Å². The van der Waals surface area contributed by atoms with Gasteiger partial charge in [0.25, 0.3) is 0 Å². The van der Waals surface area contributed by atoms with Crippen LogP contribution in [0.15, 0.2) is 48.5 Å². The van der Waals surface area contributed by atoms with Crippen molar-refractivity contribution in [1.82, 2.24) is 4.90 Å². The Labute approximate surface area is 136 Å². The van der Waals surface area contributed by atoms with E-state index in [1.807, 2.05) is 37.4 Å². The monoisotopic (exact) mass is 315 g/mol. The highest BCUT2D eigenvalue weighted by molar-refractivity contribution is 5.34. The van der Waals surface area contributed by atoms with Gasteiger partial charge in [0.05, 0.1) is 12.7 Å². The molecular formula is C19H22FNO2. The Kier molecular flexibility index (Phi) is 4.37. The summed E-state index contributed by atoms with van der Waals surface area (Å²) in [5.74, 6) is 0.497. The number of ether oxygens (including phenoxy) is 1. The zero-order chi connectivity index (χ0) is 16.4. The summed E-state index contributed by atoms with van der Waals surface area (Å²) in [5.41, 5.74) is 0.482. The number of hydrogen-bond donors (Lipinski definition) is 1. The van der Waals surface area contributed by atoms with Gasteiger partial charge in [0.2, 0.25) is 0 Å². The van der Waals surface area contributed by atoms with Crippen LogP contribution in [0.4, 0.5) is 4.39 Å². The smallest absolute Gasteiger partial charge is 0.127 e. The van der Waals surface area contributed by atoms with Crippen molar-refractivity contribution in [3.63, 3.8) is 0 Å². The fourth-order valence-corrected chi connectivity index (χ4v) is 3.36. The highest BCUT2D eigenvalue weighted by atomic mass is 19.1. The number of aliphatic hydroxyl groups is 1. The predicted molar refractivity (Wildman–Crippen MR) is 87.9 cm³/mol. The fraction of sp³-hybridized carbons (Fsp3) is 0.368. The molecule has 2 unspecified atom stereocenters. The number of benzene rings is 2. The Hall–Kier alpha value is -1.91. The summed E-state index contributed by atoms with van der Waals surface area (Å²) < 4.78 is 19.5. The van der Waals surface area contributed by atoms with Crippen LogP contribution in [-0.2, 0) is 5.60 Å². The number of halogens is 1. The summed E-state index contributed by atoms with van der Waals surface area (Å²) >= 11 is 0. The molecule has 0 radical (unpaired) electrons. The van der Waals surface area contributed by atoms with Crippen LogP contribution in [0.3, 0.4) is 0 Å². The number of likely N-dealkylation sites (tertiary alicyclic amines) is 1. The minimum absolute atomic E-state index is 0.152. The van der Waals surface area contributed by atoms with Gasteiger partial charge < -0.3 is 9.84 Å². The molecule has 1 N–H and O–H groups in total. The second-order valence-corrected chi connectivity index (χ2v) is 6.24. The molecule has 1 aliphatic heterocycles. The van der Waals surface area contributed by atoms with Gasteiger partial charge in [-0.1, -0.05) is 30.3 Å². The lowest BCUT2D eigenvalue weighted by atomic mass is 9.79. The van der Waals surface area contributed by atoms with Crippen LogP contribution >= 0.6 is 0 Å². The van der Waals surface area contributed by atoms with E-state index in [-0.39, 0.29) is 11.9 Å². The molecule has 122 valence electrons. The van der Waals surface area contributed by atoms with Crippen LogP contribution in [0.5, 0.6) is 5.75 Å². The highest BCUT2D eigenvalue weighted by Crippen LogP contribution is 2.42. The van der Waals surface area contributed by atoms with Crippen molar-refractivity contribution in [3.05, 3.63) is 65.5 Å². The van der Waals surface area contributed by atoms with Gasteiger partial charge in [-0.05, 0) is 37.2 Å². The molecule has 1 saturated heterocycles. The first-order valence-corrected chi connectivity index (χ1v) is 7.85. The van der Waals surface area contributed by atoms with E-state index in [1.165, 1.54) is 6.07 Å². The van der Waals surface area contributed by atoms with E-state index < -0.39 is 5.60 Å². The minimum Gasteiger partial charge on any atom is -0.497 e. The first kappa shape index (κ1) is 16.0. The molecule has 4 heteroatoms. The second-order valence-electron chi connectivity index (χ2n) is 6.24. The molecule has 2 aromatic carbocycles. The molecule has 1 heterocycles. The maximum absolute atomic E-state index is 14.2. The van der Waals surface area contributed by atoms with Crippen LogP contribution in [0.1, 0.15) is 30.0 Å². The molecule has 1 aliphatic rings. The van der Waals surface area contributed by atoms with E-state index in [9.17, 15) is 9.50 Å². The van der Waals surface area contributed by atoms with Gasteiger partial charge in [0.1, 0.15) is 11.6 Å². The molecule has 3 nitrogen and oxygen atoms in total. The van der Waals surface area contributed by atoms with E-state index in [0.29, 0.717) is 24.9 Å². The van der Waals surface area contributed by atoms with Crippen LogP contribution < -0.4 is 4.74 Å². The zero-order valence-corrected chi connectivity index (χ0v) is 13.5. The van der Waals surface area contributed by atoms with Crippen molar-refractivity contribution in [2.45, 2.75) is 24.5 Å². The molecule has 2 aromatic rings. The van der Waals surface area contributed by atoms with Crippen molar-refractivity contribution in [2.24, 2.45) is 0 Å². The van der Waals surface area contributed by atoms with E-state index in [0.717, 1.165) is 11.3 Å². The van der Waals surface area contributed by atoms with Crippen molar-refractivity contribution in [3.8, 4) is 5.75 Å². The van der Waals surface area contributed by atoms with Gasteiger partial charge in [-0.2, -0.15) is 0 Å². The predicted octanol–water partition coefficient (Wildman–Crippen LogP) is 3.49. The van der Waals surface area contributed by atoms with Gasteiger partial charge in [0, 0.05) is 24.6 Å². The molecule has 1 fully saturated rings. The average Bonchev–Trinajstić information content (AvgIpc) is 2.58. The molecule has 0 amide bonds. The zero-order valence-electron chi connectivity index (χ0n) is 13.5. The van der Waals surface area contributed by atoms with Crippen molar-refractivity contribution < 1.29 is 14.2 Å². The first-order chi connectivity index (χ1) is 11.0. The Morgan fingerprint density at radius 1 is 1.22 bits per heavy atom. The van der Waals surface area contributed by atoms with Gasteiger partial charge in [-0.25, -0.2) is 4.39 Å². The Morgan fingerprint density at radius 2 is 2.00 bits per heavy atom. The summed E-state index contributed by atoms with van der Waals surface area (Å²) in [5, 5.41) is 11.2. The highest BCUT2D eigenvalue weighted by Gasteiger charge is 2.39. The molecule has 0 aromatic heterocycles. The summed E-state index contributed by atoms with van der Waals surface area (Å²) in [4.78, 5) is 2.10. The Morgan fingerprint density at radius 3 is 2.74 bits per heavy atom. The lowest BCUT2D eigenvalue weighted by Gasteiger charge is -2.43. The van der Waals surface area contributed by atoms with Gasteiger partial charge in [-0.15, -0.1) is 0 Å². The molecule has 0 aliphatic carbocycles. The molecular weight excluding hydrogens is 293 g/mol. The van der Waals surface area contributed by atoms with Crippen LogP contribution in [0.2, 0.25) is 0 Å². The van der Waals surface area contributed by atoms with Gasteiger partial charge >= 0.3 is 0 Å². The van der Waals surface area contributed by atoms with Crippen LogP contribution in [0, 0.1) is 5.82 Å². The van der Waals surface area contributed by atoms with E-state index in [2.05, 4.69) is 4.90 Å². The van der Waals surface area contributed by atoms with Gasteiger partial charge in [-0.3, -0.25) is 4.90 Å². The van der Waals surface area contributed by atoms with E-state index in [1.54, 1.807) is 19.2 Å². The summed E-state index contributed by atoms with van der Waals surface area (Å²) in [6.45, 7) is 0.701. The Balaban J connectivity index is 1.94. The third kappa shape index (κ3) is 3.09. The molecule has 0 spiro atoms. The maximum Gasteiger partial charge on any atom is 0.127 e. The third-order valence-corrected chi connectivity index (χ3v) is 4.81. The molecule has 3 rings (SSSR count). The quantitative estimate of drug-likeness (QED) is 0.941. The topological polar surface area (TPSA) is 32.7 Å². The molecule has 0 bridgehead atoms. The SMILES string of the molecule is COc1cccc(C2(O)CCN(C)C(c3ccccc3F)C2)c1. The van der Waals surface area contributed by atoms with Crippen molar-refractivity contribution in [2.75, 3.05) is 20.7 Å². The number of methoxy groups -OCH3 is 1. The molecule has 0 saturated carbocycles. The number of rotatable bonds is 3. The van der Waals surface area contributed by atoms with E-state index >= 15 is 0 Å². The standard InChI is InChI=1S/C19H22FNO2/c1-21-11-10-19(22,14-6-5-7-15(12-14)23-2)13-18(21)16-8-3-4-9-17(16)20/h3-9,12,18,22H,10-11,13H2,1-2H3. The minimum atomic E-state index is -0.978. The Bertz CT molecular complexity index is 691. The summed E-state index contributed by atoms with van der Waals surface area (Å²) in [6.07, 6.45) is 1.07. The number of piperidine rings is 1. The number of nitrogens with zero attached hydrogens (tertiary/aromatic N) is 1. The first-order valence-electron chi connectivity index (χ1n) is 7.85. The van der Waals surface area contributed by atoms with Crippen molar-refractivity contribution >= 4 is 0 Å². The molecule has 2 atom stereocenters. The second kappa shape index (κ2) is 6.30. The lowest BCUT2D eigenvalue weighted by Crippen LogP contribution is -2.43. The summed E-state index contributed by atoms with van der Waals surface area (Å²) in [7, 11) is 3.59. The van der Waals surface area contributed by atoms with Crippen LogP contribution in [-0.4, -0.2) is 30.7 Å². The maximum atomic E-state index is 14.2. The number of hydrogen-bond acceptors (Lipinski definition) is 3. The van der Waals surface area contributed by atoms with Crippen molar-refractivity contribution in [1.29, 1.82) is 0 Å². The van der Waals surface area contributed by atoms with Crippen LogP contribution in [0.25, 0.3) is 0 Å². The lowest BCUT2D eigenvalue weighted by molar-refractivity contribution is -0.0466. The summed E-state index contributed by atoms with van der Waals surface area (Å²) in [6, 6.07) is 14.2. The van der Waals surface area contributed by atoms with Gasteiger partial charge in [0.15, 0.2) is 0 Å². The molecule has 23 heavy (non-hydrogen) atoms. The normalized spacial score (nSPS) is 25.3.